The summed E-state index contributed by atoms with van der Waals surface area (Å²) >= 11 is 0. The number of fused-ring (bicyclic) bond motifs is 1. The second-order valence-electron chi connectivity index (χ2n) is 6.41. The Bertz CT molecular complexity index is 887. The highest BCUT2D eigenvalue weighted by atomic mass is 19.4. The third-order valence-corrected chi connectivity index (χ3v) is 4.60. The number of carbonyl (C=O) groups is 2. The van der Waals surface area contributed by atoms with E-state index in [-0.39, 0.29) is 18.5 Å². The van der Waals surface area contributed by atoms with Gasteiger partial charge in [-0.3, -0.25) is 14.3 Å². The Hall–Kier alpha value is -3.10. The van der Waals surface area contributed by atoms with E-state index in [4.69, 9.17) is 0 Å². The maximum absolute atomic E-state index is 12.5. The molecule has 0 spiro atoms. The number of rotatable bonds is 4. The van der Waals surface area contributed by atoms with Gasteiger partial charge in [0.2, 0.25) is 11.8 Å². The second-order valence-corrected chi connectivity index (χ2v) is 6.41. The minimum atomic E-state index is -4.40. The van der Waals surface area contributed by atoms with Gasteiger partial charge in [0.15, 0.2) is 0 Å². The molecular formula is C19H19F3N4O2. The van der Waals surface area contributed by atoms with Gasteiger partial charge in [0.1, 0.15) is 0 Å². The summed E-state index contributed by atoms with van der Waals surface area (Å²) in [4.78, 5) is 26.0. The highest BCUT2D eigenvalue weighted by Gasteiger charge is 2.30. The van der Waals surface area contributed by atoms with Crippen molar-refractivity contribution in [3.05, 3.63) is 59.4 Å². The number of hydrogen-bond acceptors (Lipinski definition) is 3. The van der Waals surface area contributed by atoms with Gasteiger partial charge < -0.3 is 10.2 Å². The Morgan fingerprint density at radius 1 is 1.21 bits per heavy atom. The van der Waals surface area contributed by atoms with Crippen LogP contribution in [-0.4, -0.2) is 39.6 Å². The molecule has 1 aliphatic heterocycles. The van der Waals surface area contributed by atoms with Gasteiger partial charge in [0.25, 0.3) is 0 Å². The van der Waals surface area contributed by atoms with Gasteiger partial charge in [-0.15, -0.1) is 0 Å². The first-order valence-electron chi connectivity index (χ1n) is 8.70. The molecule has 1 aromatic carbocycles. The molecule has 1 aliphatic rings. The van der Waals surface area contributed by atoms with Crippen molar-refractivity contribution in [1.82, 2.24) is 20.0 Å². The van der Waals surface area contributed by atoms with Crippen molar-refractivity contribution in [1.29, 1.82) is 0 Å². The topological polar surface area (TPSA) is 67.2 Å². The number of amides is 2. The zero-order valence-electron chi connectivity index (χ0n) is 15.1. The van der Waals surface area contributed by atoms with Crippen LogP contribution in [0.1, 0.15) is 29.8 Å². The molecule has 0 saturated heterocycles. The van der Waals surface area contributed by atoms with Crippen molar-refractivity contribution >= 4 is 17.9 Å². The van der Waals surface area contributed by atoms with Gasteiger partial charge >= 0.3 is 6.18 Å². The quantitative estimate of drug-likeness (QED) is 0.814. The van der Waals surface area contributed by atoms with Crippen molar-refractivity contribution in [2.75, 3.05) is 13.1 Å². The highest BCUT2D eigenvalue weighted by Crippen LogP contribution is 2.29. The molecule has 28 heavy (non-hydrogen) atoms. The van der Waals surface area contributed by atoms with E-state index in [0.717, 1.165) is 17.8 Å². The summed E-state index contributed by atoms with van der Waals surface area (Å²) in [5, 5.41) is 6.69. The molecular weight excluding hydrogens is 373 g/mol. The minimum Gasteiger partial charge on any atom is -0.343 e. The molecule has 2 heterocycles. The molecule has 3 rings (SSSR count). The third-order valence-electron chi connectivity index (χ3n) is 4.60. The van der Waals surface area contributed by atoms with Gasteiger partial charge in [0, 0.05) is 18.8 Å². The molecule has 0 radical (unpaired) electrons. The summed E-state index contributed by atoms with van der Waals surface area (Å²) in [6, 6.07) is 6.17. The summed E-state index contributed by atoms with van der Waals surface area (Å²) in [5.41, 5.74) is 0.636. The van der Waals surface area contributed by atoms with E-state index in [1.54, 1.807) is 11.1 Å². The summed E-state index contributed by atoms with van der Waals surface area (Å²) in [6.07, 6.45) is -0.135. The SMILES string of the molecule is CC1c2ccnn2CCN1C(=O)CNC(=O)/C=C/c1ccc(C(F)(F)F)cc1. The first-order valence-corrected chi connectivity index (χ1v) is 8.70. The normalized spacial score (nSPS) is 16.9. The maximum atomic E-state index is 12.5. The number of halogens is 3. The molecule has 148 valence electrons. The number of nitrogens with zero attached hydrogens (tertiary/aromatic N) is 3. The van der Waals surface area contributed by atoms with Gasteiger partial charge in [-0.25, -0.2) is 0 Å². The molecule has 1 atom stereocenters. The predicted molar refractivity (Wildman–Crippen MR) is 95.8 cm³/mol. The van der Waals surface area contributed by atoms with Crippen molar-refractivity contribution in [2.24, 2.45) is 0 Å². The molecule has 1 N–H and O–H groups in total. The third kappa shape index (κ3) is 4.41. The van der Waals surface area contributed by atoms with Gasteiger partial charge in [-0.05, 0) is 36.8 Å². The average Bonchev–Trinajstić information content (AvgIpc) is 3.14. The Morgan fingerprint density at radius 2 is 1.93 bits per heavy atom. The first kappa shape index (κ1) is 19.7. The fourth-order valence-corrected chi connectivity index (χ4v) is 3.06. The Morgan fingerprint density at radius 3 is 2.61 bits per heavy atom. The second kappa shape index (κ2) is 7.87. The van der Waals surface area contributed by atoms with Crippen LogP contribution in [0, 0.1) is 0 Å². The summed E-state index contributed by atoms with van der Waals surface area (Å²) in [6.45, 7) is 2.84. The van der Waals surface area contributed by atoms with Crippen LogP contribution >= 0.6 is 0 Å². The van der Waals surface area contributed by atoms with Crippen molar-refractivity contribution in [2.45, 2.75) is 25.7 Å². The molecule has 6 nitrogen and oxygen atoms in total. The number of carbonyl (C=O) groups excluding carboxylic acids is 2. The van der Waals surface area contributed by atoms with Crippen LogP contribution in [0.15, 0.2) is 42.6 Å². The molecule has 0 bridgehead atoms. The number of benzene rings is 1. The van der Waals surface area contributed by atoms with Gasteiger partial charge in [-0.2, -0.15) is 18.3 Å². The van der Waals surface area contributed by atoms with Gasteiger partial charge in [0.05, 0.1) is 30.4 Å². The van der Waals surface area contributed by atoms with Crippen molar-refractivity contribution < 1.29 is 22.8 Å². The van der Waals surface area contributed by atoms with E-state index in [2.05, 4.69) is 10.4 Å². The molecule has 2 amide bonds. The monoisotopic (exact) mass is 392 g/mol. The largest absolute Gasteiger partial charge is 0.416 e. The van der Waals surface area contributed by atoms with E-state index >= 15 is 0 Å². The standard InChI is InChI=1S/C19H19F3N4O2/c1-13-16-8-9-24-26(16)11-10-25(13)18(28)12-23-17(27)7-4-14-2-5-15(6-3-14)19(20,21)22/h2-9,13H,10-12H2,1H3,(H,23,27)/b7-4+. The lowest BCUT2D eigenvalue weighted by Crippen LogP contribution is -2.45. The molecule has 9 heteroatoms. The molecule has 0 saturated carbocycles. The number of hydrogen-bond donors (Lipinski definition) is 1. The van der Waals surface area contributed by atoms with E-state index in [9.17, 15) is 22.8 Å². The number of nitrogens with one attached hydrogen (secondary N) is 1. The number of alkyl halides is 3. The lowest BCUT2D eigenvalue weighted by Gasteiger charge is -2.34. The van der Waals surface area contributed by atoms with E-state index in [1.165, 1.54) is 24.3 Å². The summed E-state index contributed by atoms with van der Waals surface area (Å²) < 4.78 is 39.4. The molecule has 1 unspecified atom stereocenters. The van der Waals surface area contributed by atoms with E-state index < -0.39 is 17.6 Å². The Kier molecular flexibility index (Phi) is 5.53. The fourth-order valence-electron chi connectivity index (χ4n) is 3.06. The fraction of sp³-hybridized carbons (Fsp3) is 0.316. The molecule has 0 fully saturated rings. The summed E-state index contributed by atoms with van der Waals surface area (Å²) in [5.74, 6) is -0.709. The maximum Gasteiger partial charge on any atom is 0.416 e. The van der Waals surface area contributed by atoms with Crippen LogP contribution in [0.4, 0.5) is 13.2 Å². The minimum absolute atomic E-state index is 0.136. The zero-order chi connectivity index (χ0) is 20.3. The van der Waals surface area contributed by atoms with E-state index in [1.807, 2.05) is 17.7 Å². The molecule has 1 aromatic heterocycles. The van der Waals surface area contributed by atoms with E-state index in [0.29, 0.717) is 18.7 Å². The van der Waals surface area contributed by atoms with Crippen molar-refractivity contribution in [3.8, 4) is 0 Å². The highest BCUT2D eigenvalue weighted by molar-refractivity contribution is 5.94. The Labute approximate surface area is 159 Å². The van der Waals surface area contributed by atoms with Gasteiger partial charge in [-0.1, -0.05) is 12.1 Å². The molecule has 2 aromatic rings. The first-order chi connectivity index (χ1) is 13.3. The number of aromatic nitrogens is 2. The van der Waals surface area contributed by atoms with Crippen molar-refractivity contribution in [3.63, 3.8) is 0 Å². The van der Waals surface area contributed by atoms with Crippen LogP contribution in [0.25, 0.3) is 6.08 Å². The van der Waals surface area contributed by atoms with Crippen LogP contribution in [0.5, 0.6) is 0 Å². The van der Waals surface area contributed by atoms with Crippen LogP contribution in [0.2, 0.25) is 0 Å². The van der Waals surface area contributed by atoms with Crippen LogP contribution in [-0.2, 0) is 22.3 Å². The Balaban J connectivity index is 1.51. The zero-order valence-corrected chi connectivity index (χ0v) is 15.1. The lowest BCUT2D eigenvalue weighted by molar-refractivity contribution is -0.137. The predicted octanol–water partition coefficient (Wildman–Crippen LogP) is 2.63. The molecule has 0 aliphatic carbocycles. The summed E-state index contributed by atoms with van der Waals surface area (Å²) in [7, 11) is 0. The van der Waals surface area contributed by atoms with Crippen LogP contribution in [0.3, 0.4) is 0 Å². The lowest BCUT2D eigenvalue weighted by atomic mass is 10.1. The average molecular weight is 392 g/mol. The smallest absolute Gasteiger partial charge is 0.343 e. The van der Waals surface area contributed by atoms with Crippen LogP contribution < -0.4 is 5.32 Å².